The van der Waals surface area contributed by atoms with Crippen molar-refractivity contribution in [3.05, 3.63) is 29.8 Å². The third kappa shape index (κ3) is 2.04. The Labute approximate surface area is 97.8 Å². The molecule has 0 bridgehead atoms. The van der Waals surface area contributed by atoms with Crippen LogP contribution in [0.2, 0.25) is 0 Å². The first-order chi connectivity index (χ1) is 7.72. The highest BCUT2D eigenvalue weighted by atomic mass is 32.2. The van der Waals surface area contributed by atoms with Gasteiger partial charge in [0.2, 0.25) is 0 Å². The van der Waals surface area contributed by atoms with Crippen LogP contribution in [0.25, 0.3) is 0 Å². The van der Waals surface area contributed by atoms with Crippen LogP contribution in [0.15, 0.2) is 29.2 Å². The van der Waals surface area contributed by atoms with Crippen LogP contribution in [0.4, 0.5) is 4.79 Å². The standard InChI is InChI=1S/C11H12N2O2S/c1-2-16-8-6-4-3-5-7(8)9-10(14)13-11(15)12-9/h3-6,9H,2H2,1H3,(H2,12,13,14,15). The summed E-state index contributed by atoms with van der Waals surface area (Å²) in [6, 6.07) is 6.65. The number of amides is 3. The lowest BCUT2D eigenvalue weighted by atomic mass is 10.1. The lowest BCUT2D eigenvalue weighted by molar-refractivity contribution is -0.120. The van der Waals surface area contributed by atoms with Crippen molar-refractivity contribution < 1.29 is 9.59 Å². The van der Waals surface area contributed by atoms with E-state index >= 15 is 0 Å². The van der Waals surface area contributed by atoms with Crippen LogP contribution in [0.3, 0.4) is 0 Å². The topological polar surface area (TPSA) is 58.2 Å². The molecule has 3 amide bonds. The first-order valence-corrected chi connectivity index (χ1v) is 6.04. The highest BCUT2D eigenvalue weighted by Gasteiger charge is 2.32. The Bertz CT molecular complexity index is 434. The molecule has 1 atom stereocenters. The van der Waals surface area contributed by atoms with E-state index in [-0.39, 0.29) is 5.91 Å². The molecule has 2 N–H and O–H groups in total. The molecule has 0 saturated carbocycles. The van der Waals surface area contributed by atoms with E-state index in [1.807, 2.05) is 24.3 Å². The number of nitrogens with one attached hydrogen (secondary N) is 2. The monoisotopic (exact) mass is 236 g/mol. The van der Waals surface area contributed by atoms with Crippen molar-refractivity contribution in [3.8, 4) is 0 Å². The molecule has 1 aromatic rings. The molecule has 0 spiro atoms. The summed E-state index contributed by atoms with van der Waals surface area (Å²) in [6.07, 6.45) is 0. The summed E-state index contributed by atoms with van der Waals surface area (Å²) < 4.78 is 0. The van der Waals surface area contributed by atoms with Gasteiger partial charge in [0.15, 0.2) is 0 Å². The van der Waals surface area contributed by atoms with E-state index in [4.69, 9.17) is 0 Å². The second-order valence-electron chi connectivity index (χ2n) is 3.37. The van der Waals surface area contributed by atoms with Gasteiger partial charge < -0.3 is 5.32 Å². The molecule has 5 heteroatoms. The fourth-order valence-electron chi connectivity index (χ4n) is 1.64. The minimum atomic E-state index is -0.553. The van der Waals surface area contributed by atoms with Crippen LogP contribution < -0.4 is 10.6 Å². The number of hydrogen-bond donors (Lipinski definition) is 2. The van der Waals surface area contributed by atoms with Crippen molar-refractivity contribution in [1.82, 2.24) is 10.6 Å². The minimum absolute atomic E-state index is 0.283. The largest absolute Gasteiger partial charge is 0.322 e. The number of carbonyl (C=O) groups is 2. The molecular formula is C11H12N2O2S. The number of rotatable bonds is 3. The molecule has 1 aliphatic rings. The zero-order chi connectivity index (χ0) is 11.5. The molecule has 1 unspecified atom stereocenters. The van der Waals surface area contributed by atoms with Gasteiger partial charge in [0.05, 0.1) is 0 Å². The highest BCUT2D eigenvalue weighted by Crippen LogP contribution is 2.28. The second kappa shape index (κ2) is 4.57. The average Bonchev–Trinajstić information content (AvgIpc) is 2.59. The maximum atomic E-state index is 11.5. The summed E-state index contributed by atoms with van der Waals surface area (Å²) in [5, 5.41) is 4.84. The molecule has 1 fully saturated rings. The maximum absolute atomic E-state index is 11.5. The molecule has 0 radical (unpaired) electrons. The van der Waals surface area contributed by atoms with E-state index in [2.05, 4.69) is 17.6 Å². The van der Waals surface area contributed by atoms with Crippen molar-refractivity contribution in [1.29, 1.82) is 0 Å². The molecule has 1 heterocycles. The van der Waals surface area contributed by atoms with Crippen LogP contribution in [0, 0.1) is 0 Å². The summed E-state index contributed by atoms with van der Waals surface area (Å²) in [4.78, 5) is 23.6. The van der Waals surface area contributed by atoms with Crippen LogP contribution in [0.1, 0.15) is 18.5 Å². The van der Waals surface area contributed by atoms with Crippen molar-refractivity contribution in [2.75, 3.05) is 5.75 Å². The Balaban J connectivity index is 2.32. The van der Waals surface area contributed by atoms with Crippen molar-refractivity contribution in [3.63, 3.8) is 0 Å². The normalized spacial score (nSPS) is 19.4. The average molecular weight is 236 g/mol. The van der Waals surface area contributed by atoms with Gasteiger partial charge >= 0.3 is 6.03 Å². The van der Waals surface area contributed by atoms with Gasteiger partial charge in [-0.2, -0.15) is 0 Å². The fraction of sp³-hybridized carbons (Fsp3) is 0.273. The number of thioether (sulfide) groups is 1. The first kappa shape index (κ1) is 11.0. The lowest BCUT2D eigenvalue weighted by Crippen LogP contribution is -2.22. The smallest absolute Gasteiger partial charge is 0.322 e. The summed E-state index contributed by atoms with van der Waals surface area (Å²) in [5.74, 6) is 0.647. The molecule has 1 aromatic carbocycles. The van der Waals surface area contributed by atoms with Gasteiger partial charge in [-0.3, -0.25) is 10.1 Å². The predicted molar refractivity (Wildman–Crippen MR) is 62.3 cm³/mol. The zero-order valence-electron chi connectivity index (χ0n) is 8.82. The van der Waals surface area contributed by atoms with Crippen molar-refractivity contribution in [2.24, 2.45) is 0 Å². The first-order valence-electron chi connectivity index (χ1n) is 5.05. The summed E-state index contributed by atoms with van der Waals surface area (Å²) >= 11 is 1.66. The summed E-state index contributed by atoms with van der Waals surface area (Å²) in [5.41, 5.74) is 0.859. The molecule has 84 valence electrons. The van der Waals surface area contributed by atoms with E-state index in [9.17, 15) is 9.59 Å². The van der Waals surface area contributed by atoms with E-state index < -0.39 is 12.1 Å². The van der Waals surface area contributed by atoms with E-state index in [1.54, 1.807) is 11.8 Å². The lowest BCUT2D eigenvalue weighted by Gasteiger charge is -2.12. The van der Waals surface area contributed by atoms with Gasteiger partial charge in [-0.1, -0.05) is 25.1 Å². The molecule has 4 nitrogen and oxygen atoms in total. The van der Waals surface area contributed by atoms with E-state index in [1.165, 1.54) is 0 Å². The van der Waals surface area contributed by atoms with Gasteiger partial charge in [-0.15, -0.1) is 11.8 Å². The maximum Gasteiger partial charge on any atom is 0.322 e. The molecule has 0 aromatic heterocycles. The van der Waals surface area contributed by atoms with Crippen molar-refractivity contribution in [2.45, 2.75) is 17.9 Å². The Hall–Kier alpha value is -1.49. The van der Waals surface area contributed by atoms with Crippen molar-refractivity contribution >= 4 is 23.7 Å². The molecular weight excluding hydrogens is 224 g/mol. The Morgan fingerprint density at radius 3 is 2.69 bits per heavy atom. The second-order valence-corrected chi connectivity index (χ2v) is 4.67. The molecule has 2 rings (SSSR count). The molecule has 16 heavy (non-hydrogen) atoms. The van der Waals surface area contributed by atoms with Crippen LogP contribution in [-0.4, -0.2) is 17.7 Å². The number of benzene rings is 1. The number of hydrogen-bond acceptors (Lipinski definition) is 3. The van der Waals surface area contributed by atoms with Gasteiger partial charge in [-0.25, -0.2) is 4.79 Å². The number of urea groups is 1. The molecule has 0 aliphatic carbocycles. The van der Waals surface area contributed by atoms with Gasteiger partial charge in [-0.05, 0) is 17.4 Å². The van der Waals surface area contributed by atoms with Crippen LogP contribution >= 0.6 is 11.8 Å². The van der Waals surface area contributed by atoms with Crippen LogP contribution in [0.5, 0.6) is 0 Å². The van der Waals surface area contributed by atoms with Gasteiger partial charge in [0, 0.05) is 4.90 Å². The number of carbonyl (C=O) groups excluding carboxylic acids is 2. The number of imide groups is 1. The van der Waals surface area contributed by atoms with Gasteiger partial charge in [0.25, 0.3) is 5.91 Å². The minimum Gasteiger partial charge on any atom is -0.322 e. The Morgan fingerprint density at radius 2 is 2.06 bits per heavy atom. The quantitative estimate of drug-likeness (QED) is 0.620. The predicted octanol–water partition coefficient (Wildman–Crippen LogP) is 1.68. The third-order valence-electron chi connectivity index (χ3n) is 2.30. The van der Waals surface area contributed by atoms with E-state index in [0.717, 1.165) is 16.2 Å². The fourth-order valence-corrected chi connectivity index (χ4v) is 2.48. The van der Waals surface area contributed by atoms with E-state index in [0.29, 0.717) is 0 Å². The third-order valence-corrected chi connectivity index (χ3v) is 3.28. The molecule has 1 saturated heterocycles. The summed E-state index contributed by atoms with van der Waals surface area (Å²) in [7, 11) is 0. The van der Waals surface area contributed by atoms with Gasteiger partial charge in [0.1, 0.15) is 6.04 Å². The highest BCUT2D eigenvalue weighted by molar-refractivity contribution is 7.99. The molecule has 1 aliphatic heterocycles. The SMILES string of the molecule is CCSc1ccccc1C1NC(=O)NC1=O. The summed E-state index contributed by atoms with van der Waals surface area (Å²) in [6.45, 7) is 2.05. The Kier molecular flexibility index (Phi) is 3.14. The van der Waals surface area contributed by atoms with Crippen LogP contribution in [-0.2, 0) is 4.79 Å². The zero-order valence-corrected chi connectivity index (χ0v) is 9.64. The Morgan fingerprint density at radius 1 is 1.31 bits per heavy atom.